The zero-order valence-corrected chi connectivity index (χ0v) is 18.3. The smallest absolute Gasteiger partial charge is 0.325 e. The predicted molar refractivity (Wildman–Crippen MR) is 121 cm³/mol. The van der Waals surface area contributed by atoms with Gasteiger partial charge in [-0.2, -0.15) is 0 Å². The molecule has 5 rings (SSSR count). The molecule has 2 aromatic rings. The van der Waals surface area contributed by atoms with Gasteiger partial charge in [0.2, 0.25) is 5.91 Å². The second-order valence-electron chi connectivity index (χ2n) is 9.25. The fraction of sp³-hybridized carbons (Fsp3) is 0.423. The van der Waals surface area contributed by atoms with Crippen LogP contribution in [-0.4, -0.2) is 47.3 Å². The largest absolute Gasteiger partial charge is 0.341 e. The summed E-state index contributed by atoms with van der Waals surface area (Å²) in [4.78, 5) is 42.1. The van der Waals surface area contributed by atoms with E-state index in [0.717, 1.165) is 48.1 Å². The fourth-order valence-electron chi connectivity index (χ4n) is 5.52. The molecule has 6 heteroatoms. The molecule has 0 radical (unpaired) electrons. The van der Waals surface area contributed by atoms with Crippen molar-refractivity contribution in [2.24, 2.45) is 5.92 Å². The van der Waals surface area contributed by atoms with Gasteiger partial charge in [-0.05, 0) is 61.1 Å². The monoisotopic (exact) mass is 431 g/mol. The van der Waals surface area contributed by atoms with Gasteiger partial charge in [-0.25, -0.2) is 4.79 Å². The van der Waals surface area contributed by atoms with Crippen LogP contribution in [0.3, 0.4) is 0 Å². The van der Waals surface area contributed by atoms with E-state index >= 15 is 0 Å². The molecule has 1 N–H and O–H groups in total. The number of rotatable bonds is 4. The van der Waals surface area contributed by atoms with Crippen LogP contribution in [0.15, 0.2) is 54.6 Å². The Balaban J connectivity index is 1.22. The molecule has 3 aliphatic rings. The highest BCUT2D eigenvalue weighted by atomic mass is 16.2. The van der Waals surface area contributed by atoms with Gasteiger partial charge in [0.15, 0.2) is 0 Å². The molecule has 6 nitrogen and oxygen atoms in total. The highest BCUT2D eigenvalue weighted by Gasteiger charge is 2.54. The van der Waals surface area contributed by atoms with Crippen LogP contribution in [0.2, 0.25) is 0 Å². The average Bonchev–Trinajstić information content (AvgIpc) is 3.05. The van der Waals surface area contributed by atoms with Crippen molar-refractivity contribution in [1.29, 1.82) is 0 Å². The lowest BCUT2D eigenvalue weighted by Crippen LogP contribution is -2.48. The first-order chi connectivity index (χ1) is 15.6. The summed E-state index contributed by atoms with van der Waals surface area (Å²) in [5.74, 6) is 0.120. The van der Waals surface area contributed by atoms with E-state index in [1.165, 1.54) is 5.56 Å². The van der Waals surface area contributed by atoms with E-state index in [0.29, 0.717) is 25.4 Å². The number of aryl methyl sites for hydroxylation is 1. The molecule has 2 fully saturated rings. The maximum Gasteiger partial charge on any atom is 0.325 e. The second kappa shape index (κ2) is 8.41. The molecule has 2 aromatic carbocycles. The Hall–Kier alpha value is -3.15. The lowest BCUT2D eigenvalue weighted by Gasteiger charge is -2.34. The summed E-state index contributed by atoms with van der Waals surface area (Å²) >= 11 is 0. The number of nitrogens with one attached hydrogen (secondary N) is 1. The van der Waals surface area contributed by atoms with Crippen LogP contribution in [0.5, 0.6) is 0 Å². The first kappa shape index (κ1) is 20.7. The summed E-state index contributed by atoms with van der Waals surface area (Å²) < 4.78 is 0. The van der Waals surface area contributed by atoms with Crippen molar-refractivity contribution in [1.82, 2.24) is 15.1 Å². The summed E-state index contributed by atoms with van der Waals surface area (Å²) in [5, 5.41) is 2.93. The highest BCUT2D eigenvalue weighted by Crippen LogP contribution is 2.39. The summed E-state index contributed by atoms with van der Waals surface area (Å²) in [7, 11) is 0. The minimum absolute atomic E-state index is 0.146. The van der Waals surface area contributed by atoms with Crippen LogP contribution in [0.4, 0.5) is 4.79 Å². The number of fused-ring (bicyclic) bond motifs is 2. The number of likely N-dealkylation sites (tertiary alicyclic amines) is 1. The minimum atomic E-state index is -1.02. The molecule has 0 unspecified atom stereocenters. The molecule has 4 amide bonds. The average molecular weight is 432 g/mol. The zero-order valence-electron chi connectivity index (χ0n) is 18.3. The van der Waals surface area contributed by atoms with E-state index in [-0.39, 0.29) is 18.4 Å². The minimum Gasteiger partial charge on any atom is -0.341 e. The Morgan fingerprint density at radius 1 is 1.00 bits per heavy atom. The number of imide groups is 1. The van der Waals surface area contributed by atoms with E-state index in [9.17, 15) is 14.4 Å². The Bertz CT molecular complexity index is 1030. The lowest BCUT2D eigenvalue weighted by molar-refractivity contribution is -0.140. The normalized spacial score (nSPS) is 23.4. The van der Waals surface area contributed by atoms with Gasteiger partial charge in [-0.15, -0.1) is 0 Å². The maximum absolute atomic E-state index is 13.4. The van der Waals surface area contributed by atoms with Crippen molar-refractivity contribution < 1.29 is 14.4 Å². The first-order valence-corrected chi connectivity index (χ1v) is 11.6. The molecule has 1 spiro atoms. The van der Waals surface area contributed by atoms with Crippen LogP contribution >= 0.6 is 0 Å². The van der Waals surface area contributed by atoms with Crippen molar-refractivity contribution in [2.75, 3.05) is 19.6 Å². The van der Waals surface area contributed by atoms with E-state index < -0.39 is 11.6 Å². The molecule has 166 valence electrons. The van der Waals surface area contributed by atoms with Crippen LogP contribution in [-0.2, 0) is 28.0 Å². The maximum atomic E-state index is 13.4. The Labute approximate surface area is 188 Å². The van der Waals surface area contributed by atoms with Gasteiger partial charge in [0.05, 0.1) is 0 Å². The number of carbonyl (C=O) groups is 3. The number of nitrogens with zero attached hydrogens (tertiary/aromatic N) is 2. The number of hydrogen-bond donors (Lipinski definition) is 1. The van der Waals surface area contributed by atoms with Gasteiger partial charge in [0.1, 0.15) is 12.1 Å². The van der Waals surface area contributed by atoms with Gasteiger partial charge in [0.25, 0.3) is 5.91 Å². The van der Waals surface area contributed by atoms with Crippen LogP contribution in [0, 0.1) is 5.92 Å². The third kappa shape index (κ3) is 3.68. The van der Waals surface area contributed by atoms with Gasteiger partial charge >= 0.3 is 6.03 Å². The second-order valence-corrected chi connectivity index (χ2v) is 9.25. The van der Waals surface area contributed by atoms with Crippen molar-refractivity contribution in [2.45, 2.75) is 44.1 Å². The standard InChI is InChI=1S/C26H29N3O3/c30-23(28-15-12-20(13-16-28)17-19-7-2-1-3-8-19)18-29-24(31)26(27-25(29)32)14-6-10-21-9-4-5-11-22(21)26/h1-5,7-9,11,20H,6,10,12-18H2,(H,27,32)/t26-/m0/s1. The quantitative estimate of drug-likeness (QED) is 0.756. The van der Waals surface area contributed by atoms with Gasteiger partial charge in [-0.3, -0.25) is 14.5 Å². The van der Waals surface area contributed by atoms with E-state index in [1.54, 1.807) is 0 Å². The van der Waals surface area contributed by atoms with Crippen molar-refractivity contribution >= 4 is 17.8 Å². The number of hydrogen-bond acceptors (Lipinski definition) is 3. The Morgan fingerprint density at radius 2 is 1.72 bits per heavy atom. The number of piperidine rings is 1. The molecule has 0 saturated carbocycles. The predicted octanol–water partition coefficient (Wildman–Crippen LogP) is 3.25. The third-order valence-electron chi connectivity index (χ3n) is 7.28. The number of amides is 4. The van der Waals surface area contributed by atoms with Gasteiger partial charge in [-0.1, -0.05) is 54.6 Å². The third-order valence-corrected chi connectivity index (χ3v) is 7.28. The van der Waals surface area contributed by atoms with E-state index in [2.05, 4.69) is 29.6 Å². The molecular weight excluding hydrogens is 402 g/mol. The SMILES string of the molecule is O=C(CN1C(=O)N[C@]2(CCCc3ccccc32)C1=O)N1CCC(Cc2ccccc2)CC1. The zero-order chi connectivity index (χ0) is 22.1. The molecule has 2 aliphatic heterocycles. The lowest BCUT2D eigenvalue weighted by atomic mass is 9.76. The van der Waals surface area contributed by atoms with Crippen LogP contribution < -0.4 is 5.32 Å². The van der Waals surface area contributed by atoms with Crippen LogP contribution in [0.1, 0.15) is 42.4 Å². The summed E-state index contributed by atoms with van der Waals surface area (Å²) in [6.07, 6.45) is 5.22. The number of urea groups is 1. The van der Waals surface area contributed by atoms with Crippen molar-refractivity contribution in [3.63, 3.8) is 0 Å². The highest BCUT2D eigenvalue weighted by molar-refractivity contribution is 6.09. The summed E-state index contributed by atoms with van der Waals surface area (Å²) in [6, 6.07) is 17.8. The molecule has 1 aliphatic carbocycles. The van der Waals surface area contributed by atoms with Gasteiger partial charge in [0, 0.05) is 13.1 Å². The molecule has 1 atom stereocenters. The Kier molecular flexibility index (Phi) is 5.45. The molecule has 2 heterocycles. The number of benzene rings is 2. The Morgan fingerprint density at radius 3 is 2.50 bits per heavy atom. The molecule has 0 bridgehead atoms. The van der Waals surface area contributed by atoms with Gasteiger partial charge < -0.3 is 10.2 Å². The summed E-state index contributed by atoms with van der Waals surface area (Å²) in [5.41, 5.74) is 2.28. The fourth-order valence-corrected chi connectivity index (χ4v) is 5.52. The summed E-state index contributed by atoms with van der Waals surface area (Å²) in [6.45, 7) is 1.17. The number of carbonyl (C=O) groups excluding carboxylic acids is 3. The van der Waals surface area contributed by atoms with E-state index in [4.69, 9.17) is 0 Å². The first-order valence-electron chi connectivity index (χ1n) is 11.6. The van der Waals surface area contributed by atoms with Crippen LogP contribution in [0.25, 0.3) is 0 Å². The molecule has 32 heavy (non-hydrogen) atoms. The van der Waals surface area contributed by atoms with Crippen molar-refractivity contribution in [3.05, 3.63) is 71.3 Å². The topological polar surface area (TPSA) is 69.7 Å². The molecule has 2 saturated heterocycles. The van der Waals surface area contributed by atoms with Crippen molar-refractivity contribution in [3.8, 4) is 0 Å². The molecular formula is C26H29N3O3. The van der Waals surface area contributed by atoms with E-state index in [1.807, 2.05) is 35.2 Å². The molecule has 0 aromatic heterocycles.